The van der Waals surface area contributed by atoms with E-state index >= 15 is 0 Å². The third-order valence-corrected chi connectivity index (χ3v) is 6.25. The van der Waals surface area contributed by atoms with E-state index in [1.165, 1.54) is 12.8 Å². The zero-order chi connectivity index (χ0) is 15.5. The third kappa shape index (κ3) is 4.26. The molecular weight excluding hydrogens is 354 g/mol. The van der Waals surface area contributed by atoms with Crippen LogP contribution in [-0.2, 0) is 16.6 Å². The molecule has 2 rings (SSSR count). The Kier molecular flexibility index (Phi) is 5.79. The summed E-state index contributed by atoms with van der Waals surface area (Å²) in [6.07, 6.45) is 2.40. The molecule has 0 aromatic heterocycles. The van der Waals surface area contributed by atoms with E-state index in [2.05, 4.69) is 32.5 Å². The van der Waals surface area contributed by atoms with Crippen molar-refractivity contribution in [2.75, 3.05) is 19.6 Å². The number of rotatable bonds is 6. The molecule has 0 radical (unpaired) electrons. The summed E-state index contributed by atoms with van der Waals surface area (Å²) in [7, 11) is -3.50. The van der Waals surface area contributed by atoms with Gasteiger partial charge in [0.05, 0.1) is 4.90 Å². The lowest BCUT2D eigenvalue weighted by molar-refractivity contribution is 0.260. The van der Waals surface area contributed by atoms with E-state index in [1.807, 2.05) is 0 Å². The smallest absolute Gasteiger partial charge is 0.241 e. The van der Waals surface area contributed by atoms with Crippen LogP contribution in [-0.4, -0.2) is 39.0 Å². The average Bonchev–Trinajstić information content (AvgIpc) is 2.98. The molecule has 1 aromatic rings. The van der Waals surface area contributed by atoms with Gasteiger partial charge in [-0.3, -0.25) is 4.90 Å². The van der Waals surface area contributed by atoms with E-state index in [0.717, 1.165) is 18.7 Å². The Labute approximate surface area is 135 Å². The van der Waals surface area contributed by atoms with Gasteiger partial charge < -0.3 is 5.73 Å². The van der Waals surface area contributed by atoms with Crippen LogP contribution in [0.4, 0.5) is 0 Å². The fourth-order valence-electron chi connectivity index (χ4n) is 2.51. The van der Waals surface area contributed by atoms with Crippen molar-refractivity contribution < 1.29 is 8.42 Å². The molecule has 7 heteroatoms. The van der Waals surface area contributed by atoms with E-state index in [1.54, 1.807) is 18.2 Å². The minimum absolute atomic E-state index is 0.212. The minimum Gasteiger partial charge on any atom is -0.326 e. The molecular formula is C14H22BrN3O2S. The molecule has 0 aliphatic carbocycles. The highest BCUT2D eigenvalue weighted by atomic mass is 79.9. The molecule has 1 saturated heterocycles. The maximum absolute atomic E-state index is 12.4. The van der Waals surface area contributed by atoms with Crippen LogP contribution in [0.25, 0.3) is 0 Å². The predicted octanol–water partition coefficient (Wildman–Crippen LogP) is 1.67. The van der Waals surface area contributed by atoms with Gasteiger partial charge in [-0.2, -0.15) is 0 Å². The first-order chi connectivity index (χ1) is 9.94. The van der Waals surface area contributed by atoms with Crippen LogP contribution in [0.15, 0.2) is 27.6 Å². The van der Waals surface area contributed by atoms with Gasteiger partial charge in [0.15, 0.2) is 0 Å². The summed E-state index contributed by atoms with van der Waals surface area (Å²) >= 11 is 3.31. The fraction of sp³-hybridized carbons (Fsp3) is 0.571. The molecule has 1 aliphatic heterocycles. The van der Waals surface area contributed by atoms with Crippen molar-refractivity contribution in [3.8, 4) is 0 Å². The quantitative estimate of drug-likeness (QED) is 0.792. The van der Waals surface area contributed by atoms with Crippen LogP contribution >= 0.6 is 15.9 Å². The van der Waals surface area contributed by atoms with Gasteiger partial charge in [-0.25, -0.2) is 13.1 Å². The zero-order valence-corrected chi connectivity index (χ0v) is 14.6. The molecule has 5 nitrogen and oxygen atoms in total. The van der Waals surface area contributed by atoms with Crippen molar-refractivity contribution >= 4 is 26.0 Å². The number of halogens is 1. The molecule has 0 amide bonds. The molecule has 1 aromatic carbocycles. The molecule has 1 unspecified atom stereocenters. The van der Waals surface area contributed by atoms with E-state index in [0.29, 0.717) is 17.6 Å². The standard InChI is InChI=1S/C14H22BrN3O2S/c1-11(18-6-2-3-7-18)10-17-21(19,20)14-5-4-12(9-16)8-13(14)15/h4-5,8,11,17H,2-3,6-7,9-10,16H2,1H3. The second-order valence-corrected chi connectivity index (χ2v) is 8.00. The molecule has 1 atom stereocenters. The van der Waals surface area contributed by atoms with E-state index in [-0.39, 0.29) is 10.9 Å². The highest BCUT2D eigenvalue weighted by molar-refractivity contribution is 9.10. The zero-order valence-electron chi connectivity index (χ0n) is 12.2. The van der Waals surface area contributed by atoms with Gasteiger partial charge in [0.1, 0.15) is 0 Å². The number of hydrogen-bond acceptors (Lipinski definition) is 4. The molecule has 0 saturated carbocycles. The molecule has 0 spiro atoms. The molecule has 0 bridgehead atoms. The number of benzene rings is 1. The lowest BCUT2D eigenvalue weighted by atomic mass is 10.2. The van der Waals surface area contributed by atoms with Gasteiger partial charge in [0.25, 0.3) is 0 Å². The first kappa shape index (κ1) is 16.9. The first-order valence-corrected chi connectivity index (χ1v) is 9.44. The summed E-state index contributed by atoms with van der Waals surface area (Å²) in [5.41, 5.74) is 6.45. The van der Waals surface area contributed by atoms with Crippen LogP contribution < -0.4 is 10.5 Å². The Bertz CT molecular complexity index is 586. The van der Waals surface area contributed by atoms with Crippen molar-refractivity contribution in [1.29, 1.82) is 0 Å². The fourth-order valence-corrected chi connectivity index (χ4v) is 4.75. The maximum Gasteiger partial charge on any atom is 0.241 e. The number of likely N-dealkylation sites (tertiary alicyclic amines) is 1. The summed E-state index contributed by atoms with van der Waals surface area (Å²) in [6.45, 7) is 4.97. The summed E-state index contributed by atoms with van der Waals surface area (Å²) in [6, 6.07) is 5.29. The summed E-state index contributed by atoms with van der Waals surface area (Å²) < 4.78 is 28.0. The van der Waals surface area contributed by atoms with Crippen molar-refractivity contribution in [2.45, 2.75) is 37.2 Å². The average molecular weight is 376 g/mol. The van der Waals surface area contributed by atoms with Crippen molar-refractivity contribution in [1.82, 2.24) is 9.62 Å². The summed E-state index contributed by atoms with van der Waals surface area (Å²) in [4.78, 5) is 2.57. The number of sulfonamides is 1. The second kappa shape index (κ2) is 7.19. The van der Waals surface area contributed by atoms with Gasteiger partial charge in [0, 0.05) is 23.6 Å². The summed E-state index contributed by atoms with van der Waals surface area (Å²) in [5.74, 6) is 0. The Morgan fingerprint density at radius 3 is 2.62 bits per heavy atom. The van der Waals surface area contributed by atoms with E-state index in [9.17, 15) is 8.42 Å². The molecule has 1 aliphatic rings. The second-order valence-electron chi connectivity index (χ2n) is 5.41. The first-order valence-electron chi connectivity index (χ1n) is 7.16. The van der Waals surface area contributed by atoms with Crippen LogP contribution in [0, 0.1) is 0 Å². The molecule has 21 heavy (non-hydrogen) atoms. The van der Waals surface area contributed by atoms with Crippen molar-refractivity contribution in [3.05, 3.63) is 28.2 Å². The highest BCUT2D eigenvalue weighted by Crippen LogP contribution is 2.23. The largest absolute Gasteiger partial charge is 0.326 e. The van der Waals surface area contributed by atoms with Crippen molar-refractivity contribution in [2.24, 2.45) is 5.73 Å². The maximum atomic E-state index is 12.4. The molecule has 118 valence electrons. The third-order valence-electron chi connectivity index (χ3n) is 3.85. The molecule has 1 fully saturated rings. The topological polar surface area (TPSA) is 75.4 Å². The monoisotopic (exact) mass is 375 g/mol. The minimum atomic E-state index is -3.50. The highest BCUT2D eigenvalue weighted by Gasteiger charge is 2.22. The summed E-state index contributed by atoms with van der Waals surface area (Å²) in [5, 5.41) is 0. The van der Waals surface area contributed by atoms with Gasteiger partial charge >= 0.3 is 0 Å². The van der Waals surface area contributed by atoms with Gasteiger partial charge in [-0.15, -0.1) is 0 Å². The molecule has 1 heterocycles. The Hall–Kier alpha value is -0.470. The van der Waals surface area contributed by atoms with Crippen molar-refractivity contribution in [3.63, 3.8) is 0 Å². The number of hydrogen-bond donors (Lipinski definition) is 2. The predicted molar refractivity (Wildman–Crippen MR) is 87.5 cm³/mol. The normalized spacial score (nSPS) is 18.0. The van der Waals surface area contributed by atoms with Crippen LogP contribution in [0.3, 0.4) is 0 Å². The van der Waals surface area contributed by atoms with E-state index < -0.39 is 10.0 Å². The van der Waals surface area contributed by atoms with Crippen LogP contribution in [0.2, 0.25) is 0 Å². The van der Waals surface area contributed by atoms with Gasteiger partial charge in [-0.05, 0) is 66.5 Å². The van der Waals surface area contributed by atoms with Crippen LogP contribution in [0.1, 0.15) is 25.3 Å². The van der Waals surface area contributed by atoms with Crippen LogP contribution in [0.5, 0.6) is 0 Å². The number of nitrogens with one attached hydrogen (secondary N) is 1. The Morgan fingerprint density at radius 2 is 2.05 bits per heavy atom. The number of nitrogens with zero attached hydrogens (tertiary/aromatic N) is 1. The SMILES string of the molecule is CC(CNS(=O)(=O)c1ccc(CN)cc1Br)N1CCCC1. The van der Waals surface area contributed by atoms with E-state index in [4.69, 9.17) is 5.73 Å². The van der Waals surface area contributed by atoms with Gasteiger partial charge in [0.2, 0.25) is 10.0 Å². The lowest BCUT2D eigenvalue weighted by Crippen LogP contribution is -2.40. The molecule has 3 N–H and O–H groups in total. The number of nitrogens with two attached hydrogens (primary N) is 1. The Morgan fingerprint density at radius 1 is 1.38 bits per heavy atom. The Balaban J connectivity index is 2.04. The lowest BCUT2D eigenvalue weighted by Gasteiger charge is -2.23. The van der Waals surface area contributed by atoms with Gasteiger partial charge in [-0.1, -0.05) is 6.07 Å².